The highest BCUT2D eigenvalue weighted by molar-refractivity contribution is 6.30. The summed E-state index contributed by atoms with van der Waals surface area (Å²) in [7, 11) is 0. The summed E-state index contributed by atoms with van der Waals surface area (Å²) >= 11 is 6.01. The van der Waals surface area contributed by atoms with Gasteiger partial charge >= 0.3 is 6.09 Å². The highest BCUT2D eigenvalue weighted by Crippen LogP contribution is 2.31. The fourth-order valence-electron chi connectivity index (χ4n) is 3.46. The second-order valence-electron chi connectivity index (χ2n) is 7.73. The molecule has 0 radical (unpaired) electrons. The number of nitrogens with one attached hydrogen (secondary N) is 1. The average molecular weight is 448 g/mol. The Balaban J connectivity index is 1.64. The first-order chi connectivity index (χ1) is 15.4. The van der Waals surface area contributed by atoms with Gasteiger partial charge in [0.2, 0.25) is 5.43 Å². The number of fused-ring (bicyclic) bond motifs is 1. The molecule has 0 saturated carbocycles. The van der Waals surface area contributed by atoms with Gasteiger partial charge in [0.05, 0.1) is 10.9 Å². The third-order valence-electron chi connectivity index (χ3n) is 5.04. The van der Waals surface area contributed by atoms with Crippen LogP contribution < -0.4 is 10.7 Å². The molecule has 0 spiro atoms. The highest BCUT2D eigenvalue weighted by Gasteiger charge is 2.19. The fourth-order valence-corrected chi connectivity index (χ4v) is 3.59. The maximum absolute atomic E-state index is 13.3. The van der Waals surface area contributed by atoms with Gasteiger partial charge in [-0.15, -0.1) is 0 Å². The number of halogens is 1. The van der Waals surface area contributed by atoms with Crippen molar-refractivity contribution >= 4 is 34.4 Å². The summed E-state index contributed by atoms with van der Waals surface area (Å²) in [6.07, 6.45) is -0.586. The molecule has 4 rings (SSSR count). The minimum atomic E-state index is -0.586. The molecule has 0 unspecified atom stereocenters. The molecule has 1 amide bonds. The van der Waals surface area contributed by atoms with E-state index in [0.717, 1.165) is 11.1 Å². The van der Waals surface area contributed by atoms with Crippen molar-refractivity contribution in [3.8, 4) is 11.1 Å². The summed E-state index contributed by atoms with van der Waals surface area (Å²) in [6, 6.07) is 21.5. The van der Waals surface area contributed by atoms with Crippen molar-refractivity contribution in [2.75, 3.05) is 5.32 Å². The van der Waals surface area contributed by atoms with E-state index in [9.17, 15) is 9.59 Å². The Hall–Kier alpha value is -3.57. The van der Waals surface area contributed by atoms with E-state index in [4.69, 9.17) is 20.8 Å². The molecule has 0 aliphatic carbocycles. The smallest absolute Gasteiger partial charge is 0.411 e. The number of ether oxygens (including phenoxy) is 1. The van der Waals surface area contributed by atoms with Gasteiger partial charge in [-0.05, 0) is 35.4 Å². The standard InChI is InChI=1S/C26H22ClNO4/c1-16(2)25-23(18-8-10-19(27)11-9-18)24(29)21-13-12-20(14-22(21)32-25)28-26(30)31-15-17-6-4-3-5-7-17/h3-14,16H,15H2,1-2H3,(H,28,30). The van der Waals surface area contributed by atoms with Crippen LogP contribution in [0.2, 0.25) is 5.02 Å². The zero-order valence-electron chi connectivity index (χ0n) is 17.7. The lowest BCUT2D eigenvalue weighted by molar-refractivity contribution is 0.155. The van der Waals surface area contributed by atoms with Crippen LogP contribution in [0.3, 0.4) is 0 Å². The summed E-state index contributed by atoms with van der Waals surface area (Å²) in [5.74, 6) is 0.554. The van der Waals surface area contributed by atoms with Crippen molar-refractivity contribution < 1.29 is 13.9 Å². The topological polar surface area (TPSA) is 68.5 Å². The molecule has 1 aromatic heterocycles. The molecule has 1 N–H and O–H groups in total. The van der Waals surface area contributed by atoms with Crippen LogP contribution in [0, 0.1) is 0 Å². The Morgan fingerprint density at radius 2 is 1.75 bits per heavy atom. The van der Waals surface area contributed by atoms with E-state index in [1.807, 2.05) is 56.3 Å². The first-order valence-corrected chi connectivity index (χ1v) is 10.6. The summed E-state index contributed by atoms with van der Waals surface area (Å²) < 4.78 is 11.4. The predicted octanol–water partition coefficient (Wildman–Crippen LogP) is 6.99. The van der Waals surface area contributed by atoms with Gasteiger partial charge in [-0.3, -0.25) is 10.1 Å². The molecule has 0 fully saturated rings. The van der Waals surface area contributed by atoms with Crippen molar-refractivity contribution in [3.05, 3.63) is 99.4 Å². The third kappa shape index (κ3) is 4.68. The number of rotatable bonds is 5. The number of hydrogen-bond donors (Lipinski definition) is 1. The van der Waals surface area contributed by atoms with Gasteiger partial charge < -0.3 is 9.15 Å². The number of amides is 1. The lowest BCUT2D eigenvalue weighted by Crippen LogP contribution is -2.14. The summed E-state index contributed by atoms with van der Waals surface area (Å²) in [5, 5.41) is 3.72. The van der Waals surface area contributed by atoms with Crippen LogP contribution >= 0.6 is 11.6 Å². The van der Waals surface area contributed by atoms with Crippen molar-refractivity contribution in [1.29, 1.82) is 0 Å². The molecule has 0 bridgehead atoms. The Labute approximate surface area is 190 Å². The van der Waals surface area contributed by atoms with E-state index in [-0.39, 0.29) is 18.0 Å². The van der Waals surface area contributed by atoms with Gasteiger partial charge in [-0.2, -0.15) is 0 Å². The molecule has 162 valence electrons. The SMILES string of the molecule is CC(C)c1oc2cc(NC(=O)OCc3ccccc3)ccc2c(=O)c1-c1ccc(Cl)cc1. The van der Waals surface area contributed by atoms with Crippen LogP contribution in [-0.2, 0) is 11.3 Å². The van der Waals surface area contributed by atoms with E-state index in [2.05, 4.69) is 5.32 Å². The van der Waals surface area contributed by atoms with Gasteiger partial charge in [-0.1, -0.05) is 67.9 Å². The molecule has 1 heterocycles. The first-order valence-electron chi connectivity index (χ1n) is 10.3. The number of carbonyl (C=O) groups is 1. The van der Waals surface area contributed by atoms with E-state index < -0.39 is 6.09 Å². The summed E-state index contributed by atoms with van der Waals surface area (Å²) in [4.78, 5) is 25.5. The molecule has 6 heteroatoms. The van der Waals surface area contributed by atoms with E-state index in [1.165, 1.54) is 0 Å². The molecule has 0 atom stereocenters. The van der Waals surface area contributed by atoms with Gasteiger partial charge in [0.15, 0.2) is 0 Å². The fraction of sp³-hybridized carbons (Fsp3) is 0.154. The van der Waals surface area contributed by atoms with Crippen molar-refractivity contribution in [2.45, 2.75) is 26.4 Å². The summed E-state index contributed by atoms with van der Waals surface area (Å²) in [6.45, 7) is 4.09. The second kappa shape index (κ2) is 9.28. The third-order valence-corrected chi connectivity index (χ3v) is 5.29. The Bertz CT molecular complexity index is 1310. The van der Waals surface area contributed by atoms with Crippen molar-refractivity contribution in [2.24, 2.45) is 0 Å². The quantitative estimate of drug-likeness (QED) is 0.358. The summed E-state index contributed by atoms with van der Waals surface area (Å²) in [5.41, 5.74) is 2.91. The average Bonchev–Trinajstić information content (AvgIpc) is 2.79. The number of benzene rings is 3. The zero-order chi connectivity index (χ0) is 22.7. The van der Waals surface area contributed by atoms with Crippen LogP contribution in [0.25, 0.3) is 22.1 Å². The molecule has 32 heavy (non-hydrogen) atoms. The zero-order valence-corrected chi connectivity index (χ0v) is 18.5. The van der Waals surface area contributed by atoms with Crippen LogP contribution in [0.15, 0.2) is 82.0 Å². The monoisotopic (exact) mass is 447 g/mol. The maximum Gasteiger partial charge on any atom is 0.411 e. The minimum Gasteiger partial charge on any atom is -0.460 e. The molecule has 0 saturated heterocycles. The number of hydrogen-bond acceptors (Lipinski definition) is 4. The normalized spacial score (nSPS) is 11.0. The van der Waals surface area contributed by atoms with E-state index in [1.54, 1.807) is 30.3 Å². The second-order valence-corrected chi connectivity index (χ2v) is 8.17. The maximum atomic E-state index is 13.3. The Kier molecular flexibility index (Phi) is 6.28. The molecule has 5 nitrogen and oxygen atoms in total. The molecular weight excluding hydrogens is 426 g/mol. The molecule has 0 aliphatic rings. The lowest BCUT2D eigenvalue weighted by atomic mass is 9.97. The first kappa shape index (κ1) is 21.7. The van der Waals surface area contributed by atoms with E-state index in [0.29, 0.717) is 33.0 Å². The van der Waals surface area contributed by atoms with Gasteiger partial charge in [0.1, 0.15) is 18.0 Å². The molecule has 4 aromatic rings. The van der Waals surface area contributed by atoms with Gasteiger partial charge in [0, 0.05) is 22.7 Å². The predicted molar refractivity (Wildman–Crippen MR) is 127 cm³/mol. The van der Waals surface area contributed by atoms with Gasteiger partial charge in [0.25, 0.3) is 0 Å². The van der Waals surface area contributed by atoms with Crippen LogP contribution in [0.5, 0.6) is 0 Å². The van der Waals surface area contributed by atoms with Crippen molar-refractivity contribution in [3.63, 3.8) is 0 Å². The van der Waals surface area contributed by atoms with Crippen LogP contribution in [0.1, 0.15) is 31.1 Å². The molecule has 3 aromatic carbocycles. The van der Waals surface area contributed by atoms with Gasteiger partial charge in [-0.25, -0.2) is 4.79 Å². The highest BCUT2D eigenvalue weighted by atomic mass is 35.5. The van der Waals surface area contributed by atoms with Crippen molar-refractivity contribution in [1.82, 2.24) is 0 Å². The van der Waals surface area contributed by atoms with Crippen LogP contribution in [0.4, 0.5) is 10.5 Å². The Morgan fingerprint density at radius 3 is 2.44 bits per heavy atom. The molecular formula is C26H22ClNO4. The molecule has 0 aliphatic heterocycles. The minimum absolute atomic E-state index is 0.0229. The largest absolute Gasteiger partial charge is 0.460 e. The van der Waals surface area contributed by atoms with Crippen LogP contribution in [-0.4, -0.2) is 6.09 Å². The number of anilines is 1. The Morgan fingerprint density at radius 1 is 1.03 bits per heavy atom. The van der Waals surface area contributed by atoms with E-state index >= 15 is 0 Å². The number of carbonyl (C=O) groups excluding carboxylic acids is 1. The lowest BCUT2D eigenvalue weighted by Gasteiger charge is -2.14.